The van der Waals surface area contributed by atoms with E-state index < -0.39 is 42.4 Å². The minimum Gasteiger partial charge on any atom is -0.480 e. The molecule has 1 heterocycles. The molecule has 0 spiro atoms. The minimum absolute atomic E-state index is 0.0202. The van der Waals surface area contributed by atoms with Crippen molar-refractivity contribution in [2.45, 2.75) is 38.8 Å². The number of rotatable bonds is 10. The van der Waals surface area contributed by atoms with Crippen molar-refractivity contribution in [1.82, 2.24) is 20.3 Å². The van der Waals surface area contributed by atoms with E-state index in [9.17, 15) is 19.2 Å². The monoisotopic (exact) mass is 445 g/mol. The zero-order valence-electron chi connectivity index (χ0n) is 17.9. The number of hydrogen-bond donors (Lipinski definition) is 4. The molecule has 5 N–H and O–H groups in total. The lowest BCUT2D eigenvalue weighted by Gasteiger charge is -2.25. The van der Waals surface area contributed by atoms with E-state index >= 15 is 0 Å². The van der Waals surface area contributed by atoms with Crippen LogP contribution in [0.1, 0.15) is 36.3 Å². The summed E-state index contributed by atoms with van der Waals surface area (Å²) in [5.74, 6) is -3.76. The number of amides is 2. The molecule has 32 heavy (non-hydrogen) atoms. The van der Waals surface area contributed by atoms with Crippen LogP contribution in [0.3, 0.4) is 0 Å². The van der Waals surface area contributed by atoms with E-state index in [4.69, 9.17) is 15.7 Å². The Balaban J connectivity index is 2.11. The highest BCUT2D eigenvalue weighted by Gasteiger charge is 2.30. The van der Waals surface area contributed by atoms with Crippen molar-refractivity contribution in [3.05, 3.63) is 54.1 Å². The van der Waals surface area contributed by atoms with Crippen LogP contribution in [-0.2, 0) is 25.6 Å². The van der Waals surface area contributed by atoms with E-state index in [0.717, 1.165) is 0 Å². The summed E-state index contributed by atoms with van der Waals surface area (Å²) in [6.45, 7) is 2.81. The van der Waals surface area contributed by atoms with Gasteiger partial charge in [0.1, 0.15) is 6.04 Å². The summed E-state index contributed by atoms with van der Waals surface area (Å²) in [6, 6.07) is 5.70. The van der Waals surface area contributed by atoms with Crippen LogP contribution >= 0.6 is 0 Å². The van der Waals surface area contributed by atoms with Crippen LogP contribution in [0.15, 0.2) is 42.9 Å². The Morgan fingerprint density at radius 2 is 1.91 bits per heavy atom. The molecule has 0 bridgehead atoms. The Morgan fingerprint density at radius 3 is 2.47 bits per heavy atom. The SMILES string of the molecule is CC(C)C[C@H](NC(=O)[C@@H](N)Cc1c[nH]cn1)C(=O)ON(CC(=O)O)C(=O)c1ccccc1. The number of nitrogens with one attached hydrogen (secondary N) is 2. The number of hydroxylamine groups is 2. The van der Waals surface area contributed by atoms with Crippen molar-refractivity contribution in [2.24, 2.45) is 11.7 Å². The van der Waals surface area contributed by atoms with Crippen molar-refractivity contribution < 1.29 is 29.1 Å². The summed E-state index contributed by atoms with van der Waals surface area (Å²) < 4.78 is 0. The Kier molecular flexibility index (Phi) is 8.90. The second-order valence-corrected chi connectivity index (χ2v) is 7.57. The maximum Gasteiger partial charge on any atom is 0.354 e. The zero-order valence-corrected chi connectivity index (χ0v) is 17.9. The summed E-state index contributed by atoms with van der Waals surface area (Å²) in [5.41, 5.74) is 6.64. The molecule has 0 radical (unpaired) electrons. The number of hydrogen-bond acceptors (Lipinski definition) is 7. The van der Waals surface area contributed by atoms with Crippen molar-refractivity contribution in [1.29, 1.82) is 0 Å². The van der Waals surface area contributed by atoms with Crippen LogP contribution in [0.5, 0.6) is 0 Å². The van der Waals surface area contributed by atoms with Crippen LogP contribution in [0.2, 0.25) is 0 Å². The summed E-state index contributed by atoms with van der Waals surface area (Å²) in [6.07, 6.45) is 3.40. The highest BCUT2D eigenvalue weighted by atomic mass is 16.7. The molecule has 11 nitrogen and oxygen atoms in total. The van der Waals surface area contributed by atoms with Gasteiger partial charge in [-0.15, -0.1) is 0 Å². The minimum atomic E-state index is -1.37. The van der Waals surface area contributed by atoms with E-state index in [2.05, 4.69) is 15.3 Å². The number of carbonyl (C=O) groups is 4. The number of aromatic nitrogens is 2. The first kappa shape index (κ1) is 24.5. The number of carboxylic acid groups (broad SMARTS) is 1. The molecule has 2 aromatic rings. The zero-order chi connectivity index (χ0) is 23.7. The van der Waals surface area contributed by atoms with E-state index in [1.807, 2.05) is 13.8 Å². The van der Waals surface area contributed by atoms with Gasteiger partial charge < -0.3 is 26.0 Å². The van der Waals surface area contributed by atoms with Gasteiger partial charge in [0.25, 0.3) is 5.91 Å². The van der Waals surface area contributed by atoms with Crippen LogP contribution in [0.25, 0.3) is 0 Å². The van der Waals surface area contributed by atoms with Gasteiger partial charge in [-0.3, -0.25) is 14.4 Å². The molecule has 172 valence electrons. The van der Waals surface area contributed by atoms with E-state index in [1.54, 1.807) is 24.4 Å². The molecule has 2 rings (SSSR count). The molecule has 0 saturated heterocycles. The van der Waals surface area contributed by atoms with Gasteiger partial charge in [0, 0.05) is 18.2 Å². The molecule has 0 fully saturated rings. The quantitative estimate of drug-likeness (QED) is 0.383. The predicted molar refractivity (Wildman–Crippen MR) is 113 cm³/mol. The fraction of sp³-hybridized carbons (Fsp3) is 0.381. The average Bonchev–Trinajstić information content (AvgIpc) is 3.25. The van der Waals surface area contributed by atoms with Crippen molar-refractivity contribution in [2.75, 3.05) is 6.54 Å². The van der Waals surface area contributed by atoms with Gasteiger partial charge in [-0.05, 0) is 24.5 Å². The van der Waals surface area contributed by atoms with Gasteiger partial charge in [0.15, 0.2) is 6.54 Å². The fourth-order valence-electron chi connectivity index (χ4n) is 2.85. The first-order valence-corrected chi connectivity index (χ1v) is 10.0. The second-order valence-electron chi connectivity index (χ2n) is 7.57. The predicted octanol–water partition coefficient (Wildman–Crippen LogP) is 0.496. The van der Waals surface area contributed by atoms with Crippen LogP contribution in [0, 0.1) is 5.92 Å². The fourth-order valence-corrected chi connectivity index (χ4v) is 2.85. The Morgan fingerprint density at radius 1 is 1.22 bits per heavy atom. The molecule has 2 atom stereocenters. The number of carboxylic acids is 1. The lowest BCUT2D eigenvalue weighted by atomic mass is 10.0. The van der Waals surface area contributed by atoms with Gasteiger partial charge in [-0.1, -0.05) is 32.0 Å². The lowest BCUT2D eigenvalue weighted by molar-refractivity contribution is -0.184. The molecule has 0 aliphatic carbocycles. The number of aliphatic carboxylic acids is 1. The topological polar surface area (TPSA) is 168 Å². The number of nitrogens with two attached hydrogens (primary N) is 1. The molecular formula is C21H27N5O6. The normalized spacial score (nSPS) is 12.6. The number of benzene rings is 1. The van der Waals surface area contributed by atoms with Crippen molar-refractivity contribution in [3.63, 3.8) is 0 Å². The van der Waals surface area contributed by atoms with E-state index in [-0.39, 0.29) is 24.3 Å². The Bertz CT molecular complexity index is 916. The van der Waals surface area contributed by atoms with E-state index in [1.165, 1.54) is 18.5 Å². The van der Waals surface area contributed by atoms with Crippen molar-refractivity contribution >= 4 is 23.8 Å². The molecule has 0 unspecified atom stereocenters. The molecule has 1 aromatic heterocycles. The highest BCUT2D eigenvalue weighted by molar-refractivity contribution is 5.96. The average molecular weight is 445 g/mol. The number of H-pyrrole nitrogens is 1. The van der Waals surface area contributed by atoms with Crippen LogP contribution in [-0.4, -0.2) is 62.5 Å². The lowest BCUT2D eigenvalue weighted by Crippen LogP contribution is -2.51. The second kappa shape index (κ2) is 11.6. The first-order valence-electron chi connectivity index (χ1n) is 10.0. The van der Waals surface area contributed by atoms with E-state index in [0.29, 0.717) is 10.8 Å². The Hall–Kier alpha value is -3.73. The maximum atomic E-state index is 12.8. The van der Waals surface area contributed by atoms with Gasteiger partial charge >= 0.3 is 11.9 Å². The third kappa shape index (κ3) is 7.51. The summed E-state index contributed by atoms with van der Waals surface area (Å²) >= 11 is 0. The smallest absolute Gasteiger partial charge is 0.354 e. The third-order valence-corrected chi connectivity index (χ3v) is 4.36. The summed E-state index contributed by atoms with van der Waals surface area (Å²) in [5, 5.41) is 12.1. The molecule has 1 aromatic carbocycles. The molecule has 0 saturated carbocycles. The number of carbonyl (C=O) groups excluding carboxylic acids is 3. The molecule has 2 amide bonds. The molecule has 0 aliphatic heterocycles. The third-order valence-electron chi connectivity index (χ3n) is 4.36. The standard InChI is InChI=1S/C21H27N5O6/c1-13(2)8-17(25-19(29)16(22)9-15-10-23-12-24-15)21(31)32-26(11-18(27)28)20(30)14-6-4-3-5-7-14/h3-7,10,12-13,16-17H,8-9,11,22H2,1-2H3,(H,23,24)(H,25,29)(H,27,28)/t16-,17-/m0/s1. The number of imidazole rings is 1. The van der Waals surface area contributed by atoms with Crippen LogP contribution < -0.4 is 11.1 Å². The van der Waals surface area contributed by atoms with Gasteiger partial charge in [-0.2, -0.15) is 5.06 Å². The largest absolute Gasteiger partial charge is 0.480 e. The summed E-state index contributed by atoms with van der Waals surface area (Å²) in [7, 11) is 0. The summed E-state index contributed by atoms with van der Waals surface area (Å²) in [4.78, 5) is 61.1. The van der Waals surface area contributed by atoms with Gasteiger partial charge in [0.2, 0.25) is 5.91 Å². The molecular weight excluding hydrogens is 418 g/mol. The van der Waals surface area contributed by atoms with Gasteiger partial charge in [-0.25, -0.2) is 9.78 Å². The molecule has 11 heteroatoms. The highest BCUT2D eigenvalue weighted by Crippen LogP contribution is 2.11. The van der Waals surface area contributed by atoms with Crippen molar-refractivity contribution in [3.8, 4) is 0 Å². The van der Waals surface area contributed by atoms with Crippen LogP contribution in [0.4, 0.5) is 0 Å². The Labute approximate surface area is 184 Å². The first-order chi connectivity index (χ1) is 15.2. The number of aromatic amines is 1. The van der Waals surface area contributed by atoms with Gasteiger partial charge in [0.05, 0.1) is 18.1 Å². The molecule has 0 aliphatic rings. The number of nitrogens with zero attached hydrogens (tertiary/aromatic N) is 2. The maximum absolute atomic E-state index is 12.8.